The topological polar surface area (TPSA) is 55.4 Å². The summed E-state index contributed by atoms with van der Waals surface area (Å²) in [5, 5.41) is -0.758. The largest absolute Gasteiger partial charge is 0.376 e. The zero-order valence-corrected chi connectivity index (χ0v) is 10.8. The molecule has 0 spiro atoms. The minimum Gasteiger partial charge on any atom is -0.376 e. The fraction of sp³-hybridized carbons (Fsp3) is 0.273. The smallest absolute Gasteiger partial charge is 0.241 e. The van der Waals surface area contributed by atoms with E-state index in [1.165, 1.54) is 6.07 Å². The van der Waals surface area contributed by atoms with Crippen molar-refractivity contribution in [2.75, 3.05) is 17.9 Å². The Labute approximate surface area is 109 Å². The van der Waals surface area contributed by atoms with Gasteiger partial charge in [-0.05, 0) is 18.2 Å². The first-order valence-electron chi connectivity index (χ1n) is 5.20. The van der Waals surface area contributed by atoms with Crippen LogP contribution in [0.2, 0.25) is 5.02 Å². The highest BCUT2D eigenvalue weighted by Gasteiger charge is 2.25. The third-order valence-corrected chi connectivity index (χ3v) is 4.34. The number of nitrogens with one attached hydrogen (secondary N) is 1. The normalized spacial score (nSPS) is 19.8. The lowest BCUT2D eigenvalue weighted by Gasteiger charge is -2.19. The van der Waals surface area contributed by atoms with Crippen molar-refractivity contribution in [3.63, 3.8) is 0 Å². The van der Waals surface area contributed by atoms with Crippen molar-refractivity contribution in [2.24, 2.45) is 0 Å². The van der Waals surface area contributed by atoms with Crippen LogP contribution in [0.4, 0.5) is 10.1 Å². The molecule has 1 atom stereocenters. The molecule has 0 fully saturated rings. The third kappa shape index (κ3) is 3.01. The monoisotopic (exact) mass is 291 g/mol. The van der Waals surface area contributed by atoms with E-state index in [2.05, 4.69) is 4.72 Å². The van der Waals surface area contributed by atoms with Gasteiger partial charge in [0.05, 0.1) is 23.9 Å². The molecular formula is C11H11ClFNO3S. The highest BCUT2D eigenvalue weighted by molar-refractivity contribution is 7.93. The Kier molecular flexibility index (Phi) is 3.89. The number of anilines is 1. The van der Waals surface area contributed by atoms with Crippen LogP contribution in [0.3, 0.4) is 0 Å². The van der Waals surface area contributed by atoms with E-state index >= 15 is 0 Å². The fourth-order valence-electron chi connectivity index (χ4n) is 1.51. The molecule has 0 saturated heterocycles. The van der Waals surface area contributed by atoms with Crippen LogP contribution < -0.4 is 4.72 Å². The first-order valence-corrected chi connectivity index (χ1v) is 7.12. The maximum atomic E-state index is 12.8. The van der Waals surface area contributed by atoms with Crippen LogP contribution in [0.1, 0.15) is 0 Å². The van der Waals surface area contributed by atoms with Gasteiger partial charge in [-0.2, -0.15) is 0 Å². The van der Waals surface area contributed by atoms with E-state index in [-0.39, 0.29) is 17.3 Å². The molecule has 1 N–H and O–H groups in total. The summed E-state index contributed by atoms with van der Waals surface area (Å²) in [4.78, 5) is 0. The summed E-state index contributed by atoms with van der Waals surface area (Å²) in [5.41, 5.74) is 0.150. The summed E-state index contributed by atoms with van der Waals surface area (Å²) in [7, 11) is -3.64. The second-order valence-corrected chi connectivity index (χ2v) is 6.08. The van der Waals surface area contributed by atoms with Gasteiger partial charge in [-0.15, -0.1) is 0 Å². The molecule has 0 aromatic heterocycles. The minimum absolute atomic E-state index is 0.0132. The lowest BCUT2D eigenvalue weighted by Crippen LogP contribution is -2.32. The van der Waals surface area contributed by atoms with Crippen LogP contribution in [0.25, 0.3) is 0 Å². The van der Waals surface area contributed by atoms with E-state index in [1.807, 2.05) is 0 Å². The molecule has 1 aliphatic rings. The Balaban J connectivity index is 2.22. The molecule has 1 aromatic carbocycles. The lowest BCUT2D eigenvalue weighted by molar-refractivity contribution is 0.160. The average molecular weight is 292 g/mol. The number of halogens is 2. The first-order chi connectivity index (χ1) is 8.49. The summed E-state index contributed by atoms with van der Waals surface area (Å²) in [5.74, 6) is -0.524. The number of hydrogen-bond acceptors (Lipinski definition) is 3. The predicted molar refractivity (Wildman–Crippen MR) is 67.7 cm³/mol. The standard InChI is InChI=1S/C11H11ClFNO3S/c12-10-6-8(13)3-4-11(10)14-18(15,16)9-2-1-5-17-7-9/h1-4,6,9,14H,5,7H2/t9-/m1/s1. The van der Waals surface area contributed by atoms with Crippen LogP contribution in [0, 0.1) is 5.82 Å². The van der Waals surface area contributed by atoms with Gasteiger partial charge in [0, 0.05) is 0 Å². The van der Waals surface area contributed by atoms with Crippen molar-refractivity contribution in [1.82, 2.24) is 0 Å². The van der Waals surface area contributed by atoms with Crippen molar-refractivity contribution in [3.05, 3.63) is 41.2 Å². The van der Waals surface area contributed by atoms with Crippen molar-refractivity contribution in [3.8, 4) is 0 Å². The van der Waals surface area contributed by atoms with Crippen molar-refractivity contribution in [1.29, 1.82) is 0 Å². The van der Waals surface area contributed by atoms with Gasteiger partial charge < -0.3 is 4.74 Å². The van der Waals surface area contributed by atoms with Gasteiger partial charge >= 0.3 is 0 Å². The highest BCUT2D eigenvalue weighted by atomic mass is 35.5. The summed E-state index contributed by atoms with van der Waals surface area (Å²) in [6.07, 6.45) is 3.20. The van der Waals surface area contributed by atoms with E-state index in [0.29, 0.717) is 6.61 Å². The number of rotatable bonds is 3. The molecule has 1 aromatic rings. The van der Waals surface area contributed by atoms with Crippen molar-refractivity contribution < 1.29 is 17.5 Å². The van der Waals surface area contributed by atoms with Gasteiger partial charge in [0.2, 0.25) is 10.0 Å². The van der Waals surface area contributed by atoms with E-state index in [4.69, 9.17) is 16.3 Å². The van der Waals surface area contributed by atoms with Gasteiger partial charge in [0.25, 0.3) is 0 Å². The molecule has 0 radical (unpaired) electrons. The number of ether oxygens (including phenoxy) is 1. The van der Waals surface area contributed by atoms with Crippen LogP contribution >= 0.6 is 11.6 Å². The SMILES string of the molecule is O=S(=O)(Nc1ccc(F)cc1Cl)[C@@H]1C=CCOC1. The number of sulfonamides is 1. The summed E-state index contributed by atoms with van der Waals surface area (Å²) in [6.45, 7) is 0.494. The molecule has 2 rings (SSSR count). The second kappa shape index (κ2) is 5.26. The Morgan fingerprint density at radius 2 is 2.22 bits per heavy atom. The molecule has 0 aliphatic carbocycles. The molecule has 1 heterocycles. The van der Waals surface area contributed by atoms with E-state index in [0.717, 1.165) is 12.1 Å². The zero-order valence-electron chi connectivity index (χ0n) is 9.27. The van der Waals surface area contributed by atoms with Gasteiger partial charge in [-0.25, -0.2) is 12.8 Å². The number of benzene rings is 1. The predicted octanol–water partition coefficient (Wildman–Crippen LogP) is 2.18. The Morgan fingerprint density at radius 1 is 1.44 bits per heavy atom. The summed E-state index contributed by atoms with van der Waals surface area (Å²) < 4.78 is 44.2. The molecule has 0 unspecified atom stereocenters. The maximum absolute atomic E-state index is 12.8. The fourth-order valence-corrected chi connectivity index (χ4v) is 3.01. The van der Waals surface area contributed by atoms with E-state index in [1.54, 1.807) is 12.2 Å². The van der Waals surface area contributed by atoms with Crippen LogP contribution in [0.5, 0.6) is 0 Å². The van der Waals surface area contributed by atoms with Crippen LogP contribution in [0.15, 0.2) is 30.4 Å². The Hall–Kier alpha value is -1.11. The van der Waals surface area contributed by atoms with E-state index in [9.17, 15) is 12.8 Å². The average Bonchev–Trinajstić information content (AvgIpc) is 2.34. The molecule has 0 bridgehead atoms. The van der Waals surface area contributed by atoms with Gasteiger partial charge in [0.1, 0.15) is 11.1 Å². The Morgan fingerprint density at radius 3 is 2.83 bits per heavy atom. The molecule has 0 amide bonds. The van der Waals surface area contributed by atoms with Gasteiger partial charge in [-0.3, -0.25) is 4.72 Å². The quantitative estimate of drug-likeness (QED) is 0.869. The third-order valence-electron chi connectivity index (χ3n) is 2.43. The van der Waals surface area contributed by atoms with E-state index < -0.39 is 21.1 Å². The molecular weight excluding hydrogens is 281 g/mol. The maximum Gasteiger partial charge on any atom is 0.241 e. The highest BCUT2D eigenvalue weighted by Crippen LogP contribution is 2.24. The minimum atomic E-state index is -3.64. The summed E-state index contributed by atoms with van der Waals surface area (Å²) in [6, 6.07) is 3.46. The molecule has 18 heavy (non-hydrogen) atoms. The van der Waals surface area contributed by atoms with Crippen molar-refractivity contribution >= 4 is 27.3 Å². The number of hydrogen-bond donors (Lipinski definition) is 1. The van der Waals surface area contributed by atoms with Crippen molar-refractivity contribution in [2.45, 2.75) is 5.25 Å². The van der Waals surface area contributed by atoms with Crippen LogP contribution in [-0.4, -0.2) is 26.9 Å². The molecule has 0 saturated carbocycles. The lowest BCUT2D eigenvalue weighted by atomic mass is 10.3. The van der Waals surface area contributed by atoms with Crippen LogP contribution in [-0.2, 0) is 14.8 Å². The zero-order chi connectivity index (χ0) is 13.2. The van der Waals surface area contributed by atoms with Gasteiger partial charge in [0.15, 0.2) is 0 Å². The second-order valence-electron chi connectivity index (χ2n) is 3.78. The summed E-state index contributed by atoms with van der Waals surface area (Å²) >= 11 is 5.76. The Bertz CT molecular complexity index is 574. The molecule has 1 aliphatic heterocycles. The van der Waals surface area contributed by atoms with Gasteiger partial charge in [-0.1, -0.05) is 23.8 Å². The first kappa shape index (κ1) is 13.3. The molecule has 7 heteroatoms. The molecule has 98 valence electrons. The molecule has 4 nitrogen and oxygen atoms in total.